The Labute approximate surface area is 162 Å². The molecule has 4 nitrogen and oxygen atoms in total. The van der Waals surface area contributed by atoms with Crippen molar-refractivity contribution in [2.75, 3.05) is 5.32 Å². The molecule has 0 bridgehead atoms. The van der Waals surface area contributed by atoms with Gasteiger partial charge < -0.3 is 15.5 Å². The van der Waals surface area contributed by atoms with Gasteiger partial charge in [0.1, 0.15) is 16.9 Å². The lowest BCUT2D eigenvalue weighted by atomic mass is 9.69. The lowest BCUT2D eigenvalue weighted by molar-refractivity contribution is -0.118. The van der Waals surface area contributed by atoms with Gasteiger partial charge in [-0.1, -0.05) is 41.9 Å². The predicted molar refractivity (Wildman–Crippen MR) is 106 cm³/mol. The Hall–Kier alpha value is -2.98. The lowest BCUT2D eigenvalue weighted by Gasteiger charge is -2.29. The molecule has 5 heteroatoms. The van der Waals surface area contributed by atoms with Crippen molar-refractivity contribution in [3.63, 3.8) is 0 Å². The number of anilines is 1. The smallest absolute Gasteiger partial charge is 0.244 e. The highest BCUT2D eigenvalue weighted by molar-refractivity contribution is 6.33. The molecular weight excluding hydrogens is 362 g/mol. The maximum atomic E-state index is 13.4. The van der Waals surface area contributed by atoms with Crippen LogP contribution in [0.4, 0.5) is 5.69 Å². The van der Waals surface area contributed by atoms with Gasteiger partial charge in [0.25, 0.3) is 0 Å². The van der Waals surface area contributed by atoms with Crippen molar-refractivity contribution in [2.24, 2.45) is 0 Å². The monoisotopic (exact) mass is 379 g/mol. The van der Waals surface area contributed by atoms with E-state index in [1.54, 1.807) is 48.5 Å². The molecule has 0 aliphatic carbocycles. The third-order valence-corrected chi connectivity index (χ3v) is 5.85. The van der Waals surface area contributed by atoms with Crippen molar-refractivity contribution >= 4 is 23.2 Å². The van der Waals surface area contributed by atoms with Crippen LogP contribution in [0.15, 0.2) is 54.6 Å². The van der Waals surface area contributed by atoms with Crippen LogP contribution in [0.2, 0.25) is 5.02 Å². The zero-order valence-corrected chi connectivity index (χ0v) is 15.6. The number of carbonyl (C=O) groups excluding carboxylic acids is 1. The highest BCUT2D eigenvalue weighted by atomic mass is 35.5. The summed E-state index contributed by atoms with van der Waals surface area (Å²) in [5, 5.41) is 23.1. The third-order valence-electron chi connectivity index (χ3n) is 5.26. The number of nitrogens with one attached hydrogen (secondary N) is 1. The van der Waals surface area contributed by atoms with Crippen LogP contribution >= 0.6 is 11.6 Å². The van der Waals surface area contributed by atoms with Crippen LogP contribution in [0, 0.1) is 13.8 Å². The summed E-state index contributed by atoms with van der Waals surface area (Å²) in [6, 6.07) is 15.2. The number of carbonyl (C=O) groups is 1. The van der Waals surface area contributed by atoms with E-state index in [-0.39, 0.29) is 17.4 Å². The van der Waals surface area contributed by atoms with Gasteiger partial charge in [0.15, 0.2) is 0 Å². The third kappa shape index (κ3) is 2.41. The Kier molecular flexibility index (Phi) is 3.89. The van der Waals surface area contributed by atoms with Gasteiger partial charge in [-0.3, -0.25) is 4.79 Å². The molecule has 0 radical (unpaired) electrons. The topological polar surface area (TPSA) is 69.6 Å². The SMILES string of the molecule is Cc1cc2c(c(C)c1Cl)NC(=O)C2(c1ccc(O)cc1)c1ccc(O)cc1. The second-order valence-corrected chi connectivity index (χ2v) is 7.23. The van der Waals surface area contributed by atoms with Crippen LogP contribution in [0.3, 0.4) is 0 Å². The Morgan fingerprint density at radius 2 is 1.37 bits per heavy atom. The molecule has 4 rings (SSSR count). The van der Waals surface area contributed by atoms with Crippen molar-refractivity contribution in [3.8, 4) is 11.5 Å². The van der Waals surface area contributed by atoms with Crippen LogP contribution < -0.4 is 5.32 Å². The first kappa shape index (κ1) is 17.4. The predicted octanol–water partition coefficient (Wildman–Crippen LogP) is 4.65. The maximum absolute atomic E-state index is 13.4. The van der Waals surface area contributed by atoms with Gasteiger partial charge in [0.2, 0.25) is 5.91 Å². The average Bonchev–Trinajstić information content (AvgIpc) is 2.94. The molecule has 3 aromatic carbocycles. The maximum Gasteiger partial charge on any atom is 0.244 e. The average molecular weight is 380 g/mol. The van der Waals surface area contributed by atoms with E-state index in [1.165, 1.54) is 0 Å². The molecule has 0 saturated carbocycles. The van der Waals surface area contributed by atoms with E-state index in [1.807, 2.05) is 19.9 Å². The Morgan fingerprint density at radius 1 is 0.889 bits per heavy atom. The van der Waals surface area contributed by atoms with Crippen molar-refractivity contribution < 1.29 is 15.0 Å². The summed E-state index contributed by atoms with van der Waals surface area (Å²) in [5.41, 5.74) is 3.56. The number of aromatic hydroxyl groups is 2. The Balaban J connectivity index is 2.11. The van der Waals surface area contributed by atoms with Crippen LogP contribution in [0.25, 0.3) is 0 Å². The van der Waals surface area contributed by atoms with E-state index in [0.29, 0.717) is 10.7 Å². The van der Waals surface area contributed by atoms with Crippen LogP contribution in [0.1, 0.15) is 27.8 Å². The quantitative estimate of drug-likeness (QED) is 0.606. The summed E-state index contributed by atoms with van der Waals surface area (Å²) < 4.78 is 0. The van der Waals surface area contributed by atoms with Crippen LogP contribution in [-0.4, -0.2) is 16.1 Å². The molecule has 0 unspecified atom stereocenters. The molecule has 0 atom stereocenters. The van der Waals surface area contributed by atoms with Crippen LogP contribution in [0.5, 0.6) is 11.5 Å². The number of hydrogen-bond acceptors (Lipinski definition) is 3. The van der Waals surface area contributed by atoms with Gasteiger partial charge in [0, 0.05) is 10.6 Å². The lowest BCUT2D eigenvalue weighted by Crippen LogP contribution is -2.37. The summed E-state index contributed by atoms with van der Waals surface area (Å²) in [6.07, 6.45) is 0. The fourth-order valence-electron chi connectivity index (χ4n) is 3.91. The molecule has 0 aromatic heterocycles. The Bertz CT molecular complexity index is 1010. The van der Waals surface area contributed by atoms with Gasteiger partial charge >= 0.3 is 0 Å². The first-order valence-electron chi connectivity index (χ1n) is 8.56. The standard InChI is InChI=1S/C22H18ClNO3/c1-12-11-18-20(13(2)19(12)23)24-21(27)22(18,14-3-7-16(25)8-4-14)15-5-9-17(26)10-6-15/h3-11,25-26H,1-2H3,(H,24,27). The van der Waals surface area contributed by atoms with E-state index in [9.17, 15) is 15.0 Å². The number of phenolic OH excluding ortho intramolecular Hbond substituents is 2. The molecule has 0 saturated heterocycles. The van der Waals surface area contributed by atoms with Gasteiger partial charge in [-0.15, -0.1) is 0 Å². The minimum atomic E-state index is -1.10. The first-order chi connectivity index (χ1) is 12.9. The molecule has 0 fully saturated rings. The van der Waals surface area contributed by atoms with Crippen molar-refractivity contribution in [1.82, 2.24) is 0 Å². The molecule has 1 heterocycles. The minimum absolute atomic E-state index is 0.127. The second kappa shape index (κ2) is 6.03. The molecule has 3 aromatic rings. The normalized spacial score (nSPS) is 14.7. The van der Waals surface area contributed by atoms with E-state index < -0.39 is 5.41 Å². The minimum Gasteiger partial charge on any atom is -0.508 e. The van der Waals surface area contributed by atoms with Crippen molar-refractivity contribution in [1.29, 1.82) is 0 Å². The largest absolute Gasteiger partial charge is 0.508 e. The molecule has 1 aliphatic rings. The second-order valence-electron chi connectivity index (χ2n) is 6.85. The molecule has 136 valence electrons. The van der Waals surface area contributed by atoms with E-state index >= 15 is 0 Å². The number of rotatable bonds is 2. The number of phenols is 2. The van der Waals surface area contributed by atoms with E-state index in [0.717, 1.165) is 27.8 Å². The zero-order valence-electron chi connectivity index (χ0n) is 14.9. The fourth-order valence-corrected chi connectivity index (χ4v) is 4.06. The highest BCUT2D eigenvalue weighted by Gasteiger charge is 2.50. The van der Waals surface area contributed by atoms with Gasteiger partial charge in [-0.2, -0.15) is 0 Å². The summed E-state index contributed by atoms with van der Waals surface area (Å²) in [6.45, 7) is 3.80. The summed E-state index contributed by atoms with van der Waals surface area (Å²) >= 11 is 6.42. The van der Waals surface area contributed by atoms with E-state index in [2.05, 4.69) is 5.32 Å². The summed E-state index contributed by atoms with van der Waals surface area (Å²) in [4.78, 5) is 13.4. The molecule has 1 aliphatic heterocycles. The van der Waals surface area contributed by atoms with Gasteiger partial charge in [0.05, 0.1) is 5.69 Å². The number of benzene rings is 3. The molecule has 1 amide bonds. The van der Waals surface area contributed by atoms with Crippen molar-refractivity contribution in [3.05, 3.63) is 87.4 Å². The fraction of sp³-hybridized carbons (Fsp3) is 0.136. The van der Waals surface area contributed by atoms with E-state index in [4.69, 9.17) is 11.6 Å². The van der Waals surface area contributed by atoms with Crippen molar-refractivity contribution in [2.45, 2.75) is 19.3 Å². The number of amides is 1. The number of fused-ring (bicyclic) bond motifs is 1. The number of aryl methyl sites for hydroxylation is 1. The molecule has 3 N–H and O–H groups in total. The highest BCUT2D eigenvalue weighted by Crippen LogP contribution is 2.50. The number of halogens is 1. The van der Waals surface area contributed by atoms with Gasteiger partial charge in [-0.25, -0.2) is 0 Å². The number of hydrogen-bond donors (Lipinski definition) is 3. The summed E-state index contributed by atoms with van der Waals surface area (Å²) in [7, 11) is 0. The van der Waals surface area contributed by atoms with Crippen LogP contribution in [-0.2, 0) is 10.2 Å². The zero-order chi connectivity index (χ0) is 19.3. The Morgan fingerprint density at radius 3 is 1.85 bits per heavy atom. The molecule has 27 heavy (non-hydrogen) atoms. The van der Waals surface area contributed by atoms with Gasteiger partial charge in [-0.05, 0) is 60.4 Å². The molecular formula is C22H18ClNO3. The summed E-state index contributed by atoms with van der Waals surface area (Å²) in [5.74, 6) is 0.0575. The first-order valence-corrected chi connectivity index (χ1v) is 8.94. The molecule has 0 spiro atoms.